The molecule has 4 rings (SSSR count). The third kappa shape index (κ3) is 2.36. The number of aromatic amines is 1. The fraction of sp³-hybridized carbons (Fsp3) is 0.368. The van der Waals surface area contributed by atoms with Crippen LogP contribution in [0.15, 0.2) is 46.9 Å². The molecule has 1 N–H and O–H groups in total. The Hall–Kier alpha value is -1.81. The van der Waals surface area contributed by atoms with Crippen LogP contribution in [0.2, 0.25) is 0 Å². The van der Waals surface area contributed by atoms with Crippen LogP contribution in [0, 0.1) is 0 Å². The minimum absolute atomic E-state index is 0.00803. The van der Waals surface area contributed by atoms with Crippen molar-refractivity contribution in [3.05, 3.63) is 58.4 Å². The Kier molecular flexibility index (Phi) is 3.64. The van der Waals surface area contributed by atoms with Gasteiger partial charge in [-0.1, -0.05) is 54.9 Å². The number of aromatic nitrogens is 2. The number of fused-ring (bicyclic) bond motifs is 4. The zero-order chi connectivity index (χ0) is 15.9. The number of nitrogens with zero attached hydrogens (tertiary/aromatic N) is 1. The largest absolute Gasteiger partial charge is 0.301 e. The summed E-state index contributed by atoms with van der Waals surface area (Å²) in [6.07, 6.45) is 7.40. The minimum atomic E-state index is -0.00803. The summed E-state index contributed by atoms with van der Waals surface area (Å²) in [6, 6.07) is 8.42. The van der Waals surface area contributed by atoms with Gasteiger partial charge in [0.05, 0.1) is 11.3 Å². The van der Waals surface area contributed by atoms with E-state index >= 15 is 0 Å². The Labute approximate surface area is 140 Å². The molecule has 0 amide bonds. The fourth-order valence-corrected chi connectivity index (χ4v) is 4.78. The Balaban J connectivity index is 1.95. The molecule has 1 heterocycles. The Morgan fingerprint density at radius 1 is 1.30 bits per heavy atom. The predicted octanol–water partition coefficient (Wildman–Crippen LogP) is 4.08. The van der Waals surface area contributed by atoms with Gasteiger partial charge >= 0.3 is 0 Å². The molecule has 1 aromatic heterocycles. The smallest absolute Gasteiger partial charge is 0.255 e. The molecule has 1 aromatic carbocycles. The molecule has 0 aliphatic heterocycles. The minimum Gasteiger partial charge on any atom is -0.301 e. The maximum Gasteiger partial charge on any atom is 0.255 e. The molecule has 0 atom stereocenters. The topological polar surface area (TPSA) is 45.8 Å². The summed E-state index contributed by atoms with van der Waals surface area (Å²) in [5.41, 5.74) is 4.34. The van der Waals surface area contributed by atoms with Crippen LogP contribution in [0.25, 0.3) is 11.3 Å². The molecule has 2 aromatic rings. The van der Waals surface area contributed by atoms with Gasteiger partial charge in [0.25, 0.3) is 5.56 Å². The van der Waals surface area contributed by atoms with Crippen molar-refractivity contribution in [2.75, 3.05) is 5.75 Å². The number of H-pyrrole nitrogens is 1. The number of rotatable bonds is 3. The molecule has 1 spiro atoms. The summed E-state index contributed by atoms with van der Waals surface area (Å²) < 4.78 is 0. The van der Waals surface area contributed by atoms with Crippen LogP contribution in [0.1, 0.15) is 36.8 Å². The van der Waals surface area contributed by atoms with Gasteiger partial charge in [-0.3, -0.25) is 4.79 Å². The van der Waals surface area contributed by atoms with Gasteiger partial charge in [-0.05, 0) is 24.8 Å². The highest BCUT2D eigenvalue weighted by molar-refractivity contribution is 7.99. The number of hydrogen-bond donors (Lipinski definition) is 1. The third-order valence-electron chi connectivity index (χ3n) is 5.13. The summed E-state index contributed by atoms with van der Waals surface area (Å²) in [5.74, 6) is 0.745. The van der Waals surface area contributed by atoms with E-state index in [1.165, 1.54) is 30.2 Å². The first-order chi connectivity index (χ1) is 11.2. The van der Waals surface area contributed by atoms with Crippen LogP contribution in [-0.4, -0.2) is 15.7 Å². The molecule has 2 aliphatic carbocycles. The fourth-order valence-electron chi connectivity index (χ4n) is 4.18. The van der Waals surface area contributed by atoms with Crippen molar-refractivity contribution in [3.8, 4) is 11.3 Å². The van der Waals surface area contributed by atoms with Crippen LogP contribution in [-0.2, 0) is 11.8 Å². The van der Waals surface area contributed by atoms with Gasteiger partial charge in [-0.15, -0.1) is 6.58 Å². The van der Waals surface area contributed by atoms with Crippen molar-refractivity contribution in [1.82, 2.24) is 9.97 Å². The molecule has 2 aliphatic rings. The van der Waals surface area contributed by atoms with Gasteiger partial charge in [0.1, 0.15) is 0 Å². The molecule has 3 nitrogen and oxygen atoms in total. The molecule has 1 saturated carbocycles. The van der Waals surface area contributed by atoms with Crippen LogP contribution < -0.4 is 5.56 Å². The zero-order valence-electron chi connectivity index (χ0n) is 13.1. The summed E-state index contributed by atoms with van der Waals surface area (Å²) in [7, 11) is 0. The first-order valence-electron chi connectivity index (χ1n) is 8.20. The molecule has 0 radical (unpaired) electrons. The van der Waals surface area contributed by atoms with E-state index in [2.05, 4.69) is 29.8 Å². The van der Waals surface area contributed by atoms with Gasteiger partial charge < -0.3 is 4.98 Å². The van der Waals surface area contributed by atoms with Crippen LogP contribution in [0.3, 0.4) is 0 Å². The quantitative estimate of drug-likeness (QED) is 0.525. The first-order valence-corrected chi connectivity index (χ1v) is 9.19. The summed E-state index contributed by atoms with van der Waals surface area (Å²) in [6.45, 7) is 3.74. The third-order valence-corrected chi connectivity index (χ3v) is 6.00. The van der Waals surface area contributed by atoms with E-state index in [9.17, 15) is 4.79 Å². The van der Waals surface area contributed by atoms with Crippen molar-refractivity contribution in [3.63, 3.8) is 0 Å². The lowest BCUT2D eigenvalue weighted by molar-refractivity contribution is 0.425. The lowest BCUT2D eigenvalue weighted by atomic mass is 9.68. The van der Waals surface area contributed by atoms with Crippen molar-refractivity contribution in [1.29, 1.82) is 0 Å². The van der Waals surface area contributed by atoms with Crippen LogP contribution in [0.5, 0.6) is 0 Å². The summed E-state index contributed by atoms with van der Waals surface area (Å²) in [4.78, 5) is 20.7. The second-order valence-corrected chi connectivity index (χ2v) is 7.52. The van der Waals surface area contributed by atoms with E-state index in [1.807, 2.05) is 12.1 Å². The zero-order valence-corrected chi connectivity index (χ0v) is 13.9. The maximum absolute atomic E-state index is 12.9. The molecule has 0 unspecified atom stereocenters. The Morgan fingerprint density at radius 3 is 2.87 bits per heavy atom. The predicted molar refractivity (Wildman–Crippen MR) is 95.1 cm³/mol. The van der Waals surface area contributed by atoms with Gasteiger partial charge in [-0.2, -0.15) is 0 Å². The molecular formula is C19H20N2OS. The van der Waals surface area contributed by atoms with Gasteiger partial charge in [0.15, 0.2) is 5.16 Å². The number of nitrogens with one attached hydrogen (secondary N) is 1. The van der Waals surface area contributed by atoms with Gasteiger partial charge in [0, 0.05) is 16.7 Å². The van der Waals surface area contributed by atoms with E-state index < -0.39 is 0 Å². The van der Waals surface area contributed by atoms with E-state index in [0.29, 0.717) is 5.16 Å². The highest BCUT2D eigenvalue weighted by Crippen LogP contribution is 2.49. The normalized spacial score (nSPS) is 17.7. The first kappa shape index (κ1) is 14.8. The van der Waals surface area contributed by atoms with E-state index in [1.54, 1.807) is 0 Å². The van der Waals surface area contributed by atoms with Crippen LogP contribution >= 0.6 is 11.8 Å². The van der Waals surface area contributed by atoms with E-state index in [0.717, 1.165) is 41.8 Å². The molecule has 0 bridgehead atoms. The maximum atomic E-state index is 12.9. The molecule has 118 valence electrons. The number of thioether (sulfide) groups is 1. The lowest BCUT2D eigenvalue weighted by Crippen LogP contribution is -2.37. The van der Waals surface area contributed by atoms with Crippen LogP contribution in [0.4, 0.5) is 0 Å². The number of hydrogen-bond acceptors (Lipinski definition) is 3. The molecular weight excluding hydrogens is 304 g/mol. The van der Waals surface area contributed by atoms with Gasteiger partial charge in [0.2, 0.25) is 0 Å². The lowest BCUT2D eigenvalue weighted by Gasteiger charge is -2.35. The highest BCUT2D eigenvalue weighted by Gasteiger charge is 2.43. The van der Waals surface area contributed by atoms with E-state index in [4.69, 9.17) is 4.98 Å². The van der Waals surface area contributed by atoms with Crippen molar-refractivity contribution < 1.29 is 0 Å². The summed E-state index contributed by atoms with van der Waals surface area (Å²) in [5, 5.41) is 0.693. The SMILES string of the molecule is C=CCSc1nc2c(c(=O)[nH]1)C1(CCCC1)Cc1ccccc1-2. The second kappa shape index (κ2) is 5.68. The Bertz CT molecular complexity index is 818. The second-order valence-electron chi connectivity index (χ2n) is 6.52. The van der Waals surface area contributed by atoms with Gasteiger partial charge in [-0.25, -0.2) is 4.98 Å². The highest BCUT2D eigenvalue weighted by atomic mass is 32.2. The van der Waals surface area contributed by atoms with E-state index in [-0.39, 0.29) is 11.0 Å². The molecule has 0 saturated heterocycles. The number of benzene rings is 1. The monoisotopic (exact) mass is 324 g/mol. The summed E-state index contributed by atoms with van der Waals surface area (Å²) >= 11 is 1.53. The average molecular weight is 324 g/mol. The van der Waals surface area contributed by atoms with Crippen molar-refractivity contribution in [2.24, 2.45) is 0 Å². The molecule has 1 fully saturated rings. The van der Waals surface area contributed by atoms with Crippen molar-refractivity contribution >= 4 is 11.8 Å². The standard InChI is InChI=1S/C19H20N2OS/c1-2-11-23-18-20-16-14-8-4-3-7-13(14)12-19(9-5-6-10-19)15(16)17(22)21-18/h2-4,7-8H,1,5-6,9-12H2,(H,20,21,22). The average Bonchev–Trinajstić information content (AvgIpc) is 3.01. The Morgan fingerprint density at radius 2 is 2.09 bits per heavy atom. The molecule has 4 heteroatoms. The molecule has 23 heavy (non-hydrogen) atoms. The van der Waals surface area contributed by atoms with Crippen molar-refractivity contribution in [2.45, 2.75) is 42.7 Å².